The average Bonchev–Trinajstić information content (AvgIpc) is 3.18. The number of pyridine rings is 1. The fourth-order valence-electron chi connectivity index (χ4n) is 4.23. The van der Waals surface area contributed by atoms with E-state index in [0.717, 1.165) is 49.7 Å². The van der Waals surface area contributed by atoms with Crippen molar-refractivity contribution >= 4 is 28.5 Å². The number of carbonyl (C=O) groups excluding carboxylic acids is 2. The summed E-state index contributed by atoms with van der Waals surface area (Å²) in [6, 6.07) is 8.56. The van der Waals surface area contributed by atoms with Gasteiger partial charge in [-0.05, 0) is 43.5 Å². The van der Waals surface area contributed by atoms with Crippen molar-refractivity contribution in [3.63, 3.8) is 0 Å². The lowest BCUT2D eigenvalue weighted by Gasteiger charge is -2.22. The van der Waals surface area contributed by atoms with E-state index in [0.29, 0.717) is 11.3 Å². The second-order valence-corrected chi connectivity index (χ2v) is 8.38. The Morgan fingerprint density at radius 1 is 1.09 bits per heavy atom. The average molecular weight is 436 g/mol. The fraction of sp³-hybridized carbons (Fsp3) is 0.417. The molecular formula is C24H29N5O3. The molecule has 3 aromatic rings. The summed E-state index contributed by atoms with van der Waals surface area (Å²) in [5.74, 6) is -0.552. The topological polar surface area (TPSA) is 98.0 Å². The van der Waals surface area contributed by atoms with Crippen LogP contribution in [-0.2, 0) is 17.9 Å². The molecule has 1 aromatic carbocycles. The highest BCUT2D eigenvalue weighted by molar-refractivity contribution is 6.04. The van der Waals surface area contributed by atoms with Crippen molar-refractivity contribution < 1.29 is 9.59 Å². The van der Waals surface area contributed by atoms with Gasteiger partial charge in [-0.3, -0.25) is 14.4 Å². The SMILES string of the molecule is CCCn1cnc2cc(NC(=O)c3ccc(=O)n(CC(=O)NC4CCCCC4)c3)ccc21. The highest BCUT2D eigenvalue weighted by atomic mass is 16.2. The second kappa shape index (κ2) is 9.80. The predicted octanol–water partition coefficient (Wildman–Crippen LogP) is 3.31. The molecular weight excluding hydrogens is 406 g/mol. The van der Waals surface area contributed by atoms with Crippen LogP contribution in [0.2, 0.25) is 0 Å². The van der Waals surface area contributed by atoms with Gasteiger partial charge in [0.15, 0.2) is 0 Å². The maximum atomic E-state index is 12.8. The number of nitrogens with zero attached hydrogens (tertiary/aromatic N) is 3. The third kappa shape index (κ3) is 5.07. The van der Waals surface area contributed by atoms with Gasteiger partial charge >= 0.3 is 0 Å². The van der Waals surface area contributed by atoms with E-state index < -0.39 is 0 Å². The van der Waals surface area contributed by atoms with E-state index in [4.69, 9.17) is 0 Å². The van der Waals surface area contributed by atoms with Crippen LogP contribution in [0.25, 0.3) is 11.0 Å². The van der Waals surface area contributed by atoms with Gasteiger partial charge in [0.25, 0.3) is 11.5 Å². The molecule has 0 atom stereocenters. The Labute approximate surface area is 186 Å². The van der Waals surface area contributed by atoms with Crippen molar-refractivity contribution in [2.75, 3.05) is 5.32 Å². The first-order valence-electron chi connectivity index (χ1n) is 11.3. The zero-order valence-corrected chi connectivity index (χ0v) is 18.3. The minimum atomic E-state index is -0.348. The standard InChI is InChI=1S/C24H29N5O3/c1-2-12-28-16-25-20-13-19(9-10-21(20)28)27-24(32)17-8-11-23(31)29(14-17)15-22(30)26-18-6-4-3-5-7-18/h8-11,13-14,16,18H,2-7,12,15H2,1H3,(H,26,30)(H,27,32). The monoisotopic (exact) mass is 435 g/mol. The summed E-state index contributed by atoms with van der Waals surface area (Å²) >= 11 is 0. The van der Waals surface area contributed by atoms with E-state index in [2.05, 4.69) is 27.1 Å². The van der Waals surface area contributed by atoms with E-state index in [1.165, 1.54) is 29.3 Å². The van der Waals surface area contributed by atoms with Crippen molar-refractivity contribution in [1.82, 2.24) is 19.4 Å². The fourth-order valence-corrected chi connectivity index (χ4v) is 4.23. The van der Waals surface area contributed by atoms with Crippen LogP contribution >= 0.6 is 0 Å². The smallest absolute Gasteiger partial charge is 0.257 e. The quantitative estimate of drug-likeness (QED) is 0.595. The molecule has 2 N–H and O–H groups in total. The van der Waals surface area contributed by atoms with Crippen LogP contribution in [0, 0.1) is 0 Å². The summed E-state index contributed by atoms with van der Waals surface area (Å²) in [5.41, 5.74) is 2.44. The third-order valence-electron chi connectivity index (χ3n) is 5.87. The lowest BCUT2D eigenvalue weighted by molar-refractivity contribution is -0.122. The van der Waals surface area contributed by atoms with E-state index in [1.807, 2.05) is 18.2 Å². The molecule has 8 heteroatoms. The molecule has 1 saturated carbocycles. The Bertz CT molecular complexity index is 1170. The molecule has 2 amide bonds. The van der Waals surface area contributed by atoms with Crippen LogP contribution in [-0.4, -0.2) is 32.0 Å². The summed E-state index contributed by atoms with van der Waals surface area (Å²) < 4.78 is 3.36. The van der Waals surface area contributed by atoms with Gasteiger partial charge in [-0.25, -0.2) is 4.98 Å². The molecule has 32 heavy (non-hydrogen) atoms. The van der Waals surface area contributed by atoms with Crippen molar-refractivity contribution in [3.05, 3.63) is 58.8 Å². The molecule has 0 bridgehead atoms. The van der Waals surface area contributed by atoms with Gasteiger partial charge in [0, 0.05) is 30.5 Å². The Hall–Kier alpha value is -3.42. The van der Waals surface area contributed by atoms with E-state index in [9.17, 15) is 14.4 Å². The number of rotatable bonds is 7. The van der Waals surface area contributed by atoms with Crippen LogP contribution in [0.1, 0.15) is 55.8 Å². The second-order valence-electron chi connectivity index (χ2n) is 8.38. The molecule has 0 unspecified atom stereocenters. The first-order valence-corrected chi connectivity index (χ1v) is 11.3. The van der Waals surface area contributed by atoms with Crippen molar-refractivity contribution in [3.8, 4) is 0 Å². The summed E-state index contributed by atoms with van der Waals surface area (Å²) in [6.45, 7) is 2.90. The van der Waals surface area contributed by atoms with Gasteiger partial charge in [0.2, 0.25) is 5.91 Å². The van der Waals surface area contributed by atoms with Crippen LogP contribution in [0.4, 0.5) is 5.69 Å². The Balaban J connectivity index is 1.44. The largest absolute Gasteiger partial charge is 0.352 e. The lowest BCUT2D eigenvalue weighted by Crippen LogP contribution is -2.39. The van der Waals surface area contributed by atoms with E-state index in [1.54, 1.807) is 6.33 Å². The normalized spacial score (nSPS) is 14.4. The summed E-state index contributed by atoms with van der Waals surface area (Å²) in [5, 5.41) is 5.86. The maximum absolute atomic E-state index is 12.8. The summed E-state index contributed by atoms with van der Waals surface area (Å²) in [7, 11) is 0. The summed E-state index contributed by atoms with van der Waals surface area (Å²) in [6.07, 6.45) is 9.64. The Morgan fingerprint density at radius 2 is 1.91 bits per heavy atom. The number of amides is 2. The van der Waals surface area contributed by atoms with Crippen molar-refractivity contribution in [2.45, 2.75) is 64.6 Å². The summed E-state index contributed by atoms with van der Waals surface area (Å²) in [4.78, 5) is 41.8. The number of aryl methyl sites for hydroxylation is 1. The van der Waals surface area contributed by atoms with Crippen LogP contribution in [0.15, 0.2) is 47.7 Å². The predicted molar refractivity (Wildman–Crippen MR) is 124 cm³/mol. The molecule has 1 aliphatic carbocycles. The molecule has 4 rings (SSSR count). The number of anilines is 1. The van der Waals surface area contributed by atoms with Gasteiger partial charge in [-0.1, -0.05) is 26.2 Å². The number of hydrogen-bond acceptors (Lipinski definition) is 4. The number of benzene rings is 1. The van der Waals surface area contributed by atoms with Gasteiger partial charge in [-0.15, -0.1) is 0 Å². The number of hydrogen-bond donors (Lipinski definition) is 2. The number of aromatic nitrogens is 3. The molecule has 1 aliphatic rings. The molecule has 8 nitrogen and oxygen atoms in total. The number of nitrogens with one attached hydrogen (secondary N) is 2. The molecule has 1 fully saturated rings. The number of fused-ring (bicyclic) bond motifs is 1. The first-order chi connectivity index (χ1) is 15.5. The highest BCUT2D eigenvalue weighted by Gasteiger charge is 2.17. The Kier molecular flexibility index (Phi) is 6.68. The van der Waals surface area contributed by atoms with E-state index >= 15 is 0 Å². The Morgan fingerprint density at radius 3 is 2.69 bits per heavy atom. The minimum Gasteiger partial charge on any atom is -0.352 e. The number of imidazole rings is 1. The zero-order valence-electron chi connectivity index (χ0n) is 18.3. The minimum absolute atomic E-state index is 0.0999. The van der Waals surface area contributed by atoms with Crippen LogP contribution in [0.5, 0.6) is 0 Å². The molecule has 0 radical (unpaired) electrons. The number of carbonyl (C=O) groups is 2. The zero-order chi connectivity index (χ0) is 22.5. The van der Waals surface area contributed by atoms with Crippen molar-refractivity contribution in [2.24, 2.45) is 0 Å². The third-order valence-corrected chi connectivity index (χ3v) is 5.87. The van der Waals surface area contributed by atoms with Gasteiger partial charge in [0.1, 0.15) is 6.54 Å². The van der Waals surface area contributed by atoms with Gasteiger partial charge < -0.3 is 19.8 Å². The van der Waals surface area contributed by atoms with Gasteiger partial charge in [-0.2, -0.15) is 0 Å². The molecule has 2 aromatic heterocycles. The first kappa shape index (κ1) is 21.8. The van der Waals surface area contributed by atoms with E-state index in [-0.39, 0.29) is 30.0 Å². The van der Waals surface area contributed by atoms with Crippen LogP contribution in [0.3, 0.4) is 0 Å². The molecule has 168 valence electrons. The van der Waals surface area contributed by atoms with Crippen LogP contribution < -0.4 is 16.2 Å². The van der Waals surface area contributed by atoms with Crippen molar-refractivity contribution in [1.29, 1.82) is 0 Å². The highest BCUT2D eigenvalue weighted by Crippen LogP contribution is 2.19. The molecule has 0 aliphatic heterocycles. The van der Waals surface area contributed by atoms with Gasteiger partial charge in [0.05, 0.1) is 22.9 Å². The maximum Gasteiger partial charge on any atom is 0.257 e. The molecule has 2 heterocycles. The lowest BCUT2D eigenvalue weighted by atomic mass is 9.95. The molecule has 0 saturated heterocycles. The molecule has 0 spiro atoms.